The molecular weight excluding hydrogens is 370 g/mol. The summed E-state index contributed by atoms with van der Waals surface area (Å²) in [6.45, 7) is 4.96. The number of hydrogen-bond acceptors (Lipinski definition) is 2. The molecule has 0 heterocycles. The van der Waals surface area contributed by atoms with Crippen LogP contribution in [0.3, 0.4) is 0 Å². The second-order valence-corrected chi connectivity index (χ2v) is 8.82. The zero-order chi connectivity index (χ0) is 21.0. The van der Waals surface area contributed by atoms with E-state index < -0.39 is 5.41 Å². The van der Waals surface area contributed by atoms with Crippen LogP contribution in [0.15, 0.2) is 66.7 Å². The number of rotatable bonds is 6. The Morgan fingerprint density at radius 2 is 1.57 bits per heavy atom. The summed E-state index contributed by atoms with van der Waals surface area (Å²) in [4.78, 5) is 13.7. The Morgan fingerprint density at radius 3 is 2.27 bits per heavy atom. The third-order valence-electron chi connectivity index (χ3n) is 6.17. The van der Waals surface area contributed by atoms with Gasteiger partial charge in [-0.2, -0.15) is 0 Å². The van der Waals surface area contributed by atoms with Gasteiger partial charge >= 0.3 is 0 Å². The summed E-state index contributed by atoms with van der Waals surface area (Å²) in [6.07, 6.45) is 5.18. The number of carbonyl (C=O) groups is 1. The van der Waals surface area contributed by atoms with E-state index in [-0.39, 0.29) is 5.91 Å². The predicted molar refractivity (Wildman–Crippen MR) is 124 cm³/mol. The minimum Gasteiger partial charge on any atom is -0.493 e. The summed E-state index contributed by atoms with van der Waals surface area (Å²) in [5.74, 6) is 1.43. The second kappa shape index (κ2) is 8.91. The van der Waals surface area contributed by atoms with Crippen molar-refractivity contribution in [2.45, 2.75) is 51.4 Å². The monoisotopic (exact) mass is 401 g/mol. The first-order chi connectivity index (χ1) is 14.6. The molecular formula is C27H31NO2. The quantitative estimate of drug-likeness (QED) is 0.498. The second-order valence-electron chi connectivity index (χ2n) is 8.82. The molecule has 3 aromatic carbocycles. The number of carbonyl (C=O) groups excluding carboxylic acids is 1. The SMILES string of the molecule is CC(C)COc1ccc(NC(=O)C2(c3ccccc3)CCCCC2)c2ccccc12. The molecule has 1 fully saturated rings. The van der Waals surface area contributed by atoms with Gasteiger partial charge in [0.25, 0.3) is 0 Å². The van der Waals surface area contributed by atoms with E-state index in [9.17, 15) is 4.79 Å². The van der Waals surface area contributed by atoms with Gasteiger partial charge in [-0.05, 0) is 36.5 Å². The van der Waals surface area contributed by atoms with Crippen molar-refractivity contribution in [3.8, 4) is 5.75 Å². The maximum atomic E-state index is 13.7. The number of hydrogen-bond donors (Lipinski definition) is 1. The molecule has 1 aliphatic rings. The molecule has 0 atom stereocenters. The first-order valence-corrected chi connectivity index (χ1v) is 11.1. The maximum Gasteiger partial charge on any atom is 0.235 e. The van der Waals surface area contributed by atoms with Gasteiger partial charge in [-0.15, -0.1) is 0 Å². The van der Waals surface area contributed by atoms with Gasteiger partial charge < -0.3 is 10.1 Å². The third kappa shape index (κ3) is 4.07. The Morgan fingerprint density at radius 1 is 0.900 bits per heavy atom. The van der Waals surface area contributed by atoms with Crippen molar-refractivity contribution in [3.05, 3.63) is 72.3 Å². The Labute approximate surface area is 179 Å². The van der Waals surface area contributed by atoms with Gasteiger partial charge in [0, 0.05) is 16.5 Å². The number of fused-ring (bicyclic) bond motifs is 1. The van der Waals surface area contributed by atoms with Gasteiger partial charge in [-0.1, -0.05) is 87.7 Å². The van der Waals surface area contributed by atoms with Gasteiger partial charge in [-0.3, -0.25) is 4.79 Å². The van der Waals surface area contributed by atoms with E-state index in [4.69, 9.17) is 4.74 Å². The number of benzene rings is 3. The van der Waals surface area contributed by atoms with Crippen LogP contribution in [0, 0.1) is 5.92 Å². The number of nitrogens with one attached hydrogen (secondary N) is 1. The van der Waals surface area contributed by atoms with Crippen LogP contribution in [-0.4, -0.2) is 12.5 Å². The molecule has 3 aromatic rings. The lowest BCUT2D eigenvalue weighted by atomic mass is 9.68. The molecule has 1 saturated carbocycles. The molecule has 0 aromatic heterocycles. The smallest absolute Gasteiger partial charge is 0.235 e. The molecule has 0 aliphatic heterocycles. The minimum atomic E-state index is -0.451. The molecule has 0 spiro atoms. The van der Waals surface area contributed by atoms with Gasteiger partial charge in [-0.25, -0.2) is 0 Å². The molecule has 3 heteroatoms. The normalized spacial score (nSPS) is 15.8. The summed E-state index contributed by atoms with van der Waals surface area (Å²) in [5, 5.41) is 5.35. The van der Waals surface area contributed by atoms with Crippen LogP contribution >= 0.6 is 0 Å². The molecule has 3 nitrogen and oxygen atoms in total. The van der Waals surface area contributed by atoms with Gasteiger partial charge in [0.2, 0.25) is 5.91 Å². The predicted octanol–water partition coefficient (Wildman–Crippen LogP) is 6.72. The van der Waals surface area contributed by atoms with Crippen LogP contribution < -0.4 is 10.1 Å². The molecule has 0 saturated heterocycles. The van der Waals surface area contributed by atoms with Gasteiger partial charge in [0.05, 0.1) is 12.0 Å². The molecule has 0 radical (unpaired) electrons. The van der Waals surface area contributed by atoms with Crippen molar-refractivity contribution < 1.29 is 9.53 Å². The highest BCUT2D eigenvalue weighted by Gasteiger charge is 2.41. The van der Waals surface area contributed by atoms with E-state index in [0.29, 0.717) is 12.5 Å². The minimum absolute atomic E-state index is 0.106. The highest BCUT2D eigenvalue weighted by atomic mass is 16.5. The zero-order valence-electron chi connectivity index (χ0n) is 18.0. The molecule has 156 valence electrons. The van der Waals surface area contributed by atoms with Gasteiger partial charge in [0.1, 0.15) is 5.75 Å². The average Bonchev–Trinajstić information content (AvgIpc) is 2.79. The Hall–Kier alpha value is -2.81. The zero-order valence-corrected chi connectivity index (χ0v) is 18.0. The summed E-state index contributed by atoms with van der Waals surface area (Å²) >= 11 is 0. The van der Waals surface area contributed by atoms with Crippen molar-refractivity contribution in [1.82, 2.24) is 0 Å². The van der Waals surface area contributed by atoms with E-state index in [1.165, 1.54) is 6.42 Å². The number of amides is 1. The van der Waals surface area contributed by atoms with E-state index in [1.807, 2.05) is 42.5 Å². The first kappa shape index (κ1) is 20.5. The van der Waals surface area contributed by atoms with Crippen LogP contribution in [0.4, 0.5) is 5.69 Å². The lowest BCUT2D eigenvalue weighted by Gasteiger charge is -2.36. The van der Waals surface area contributed by atoms with Gasteiger partial charge in [0.15, 0.2) is 0 Å². The maximum absolute atomic E-state index is 13.7. The van der Waals surface area contributed by atoms with E-state index in [2.05, 4.69) is 43.4 Å². The molecule has 1 amide bonds. The van der Waals surface area contributed by atoms with Crippen molar-refractivity contribution in [2.24, 2.45) is 5.92 Å². The van der Waals surface area contributed by atoms with Crippen LogP contribution in [0.2, 0.25) is 0 Å². The molecule has 0 unspecified atom stereocenters. The van der Waals surface area contributed by atoms with E-state index in [0.717, 1.165) is 53.5 Å². The standard InChI is InChI=1S/C27H31NO2/c1-20(2)19-30-25-16-15-24(22-13-7-8-14-23(22)25)28-26(29)27(17-9-4-10-18-27)21-11-5-3-6-12-21/h3,5-8,11-16,20H,4,9-10,17-19H2,1-2H3,(H,28,29). The van der Waals surface area contributed by atoms with E-state index >= 15 is 0 Å². The fourth-order valence-electron chi connectivity index (χ4n) is 4.56. The van der Waals surface area contributed by atoms with Crippen molar-refractivity contribution >= 4 is 22.4 Å². The molecule has 30 heavy (non-hydrogen) atoms. The summed E-state index contributed by atoms with van der Waals surface area (Å²) in [5.41, 5.74) is 1.53. The first-order valence-electron chi connectivity index (χ1n) is 11.1. The Kier molecular flexibility index (Phi) is 6.08. The average molecular weight is 402 g/mol. The largest absolute Gasteiger partial charge is 0.493 e. The lowest BCUT2D eigenvalue weighted by Crippen LogP contribution is -2.42. The highest BCUT2D eigenvalue weighted by molar-refractivity contribution is 6.07. The van der Waals surface area contributed by atoms with Crippen LogP contribution in [-0.2, 0) is 10.2 Å². The number of ether oxygens (including phenoxy) is 1. The fraction of sp³-hybridized carbons (Fsp3) is 0.370. The molecule has 1 N–H and O–H groups in total. The van der Waals surface area contributed by atoms with E-state index in [1.54, 1.807) is 0 Å². The Balaban J connectivity index is 1.68. The lowest BCUT2D eigenvalue weighted by molar-refractivity contribution is -0.122. The molecule has 0 bridgehead atoms. The number of anilines is 1. The highest BCUT2D eigenvalue weighted by Crippen LogP contribution is 2.41. The van der Waals surface area contributed by atoms with Crippen molar-refractivity contribution in [3.63, 3.8) is 0 Å². The fourth-order valence-corrected chi connectivity index (χ4v) is 4.56. The third-order valence-corrected chi connectivity index (χ3v) is 6.17. The summed E-state index contributed by atoms with van der Waals surface area (Å²) in [7, 11) is 0. The Bertz CT molecular complexity index is 1000. The van der Waals surface area contributed by atoms with Crippen LogP contribution in [0.5, 0.6) is 5.75 Å². The van der Waals surface area contributed by atoms with Crippen LogP contribution in [0.25, 0.3) is 10.8 Å². The summed E-state index contributed by atoms with van der Waals surface area (Å²) < 4.78 is 6.03. The summed E-state index contributed by atoms with van der Waals surface area (Å²) in [6, 6.07) is 22.4. The van der Waals surface area contributed by atoms with Crippen LogP contribution in [0.1, 0.15) is 51.5 Å². The van der Waals surface area contributed by atoms with Crippen molar-refractivity contribution in [1.29, 1.82) is 0 Å². The molecule has 4 rings (SSSR count). The topological polar surface area (TPSA) is 38.3 Å². The van der Waals surface area contributed by atoms with Crippen molar-refractivity contribution in [2.75, 3.05) is 11.9 Å². The molecule has 1 aliphatic carbocycles.